The second kappa shape index (κ2) is 9.30. The van der Waals surface area contributed by atoms with Gasteiger partial charge in [0.2, 0.25) is 0 Å². The molecule has 4 heteroatoms. The van der Waals surface area contributed by atoms with E-state index in [4.69, 9.17) is 4.74 Å². The minimum atomic E-state index is -0.577. The third-order valence-electron chi connectivity index (χ3n) is 4.83. The van der Waals surface area contributed by atoms with E-state index in [9.17, 15) is 4.79 Å². The zero-order valence-corrected chi connectivity index (χ0v) is 15.3. The van der Waals surface area contributed by atoms with Crippen LogP contribution < -0.4 is 0 Å². The maximum absolute atomic E-state index is 13.3. The number of pyridine rings is 1. The number of allylic oxidation sites excluding steroid dienone is 2. The van der Waals surface area contributed by atoms with Crippen LogP contribution in [0.15, 0.2) is 67.0 Å². The Balaban J connectivity index is 1.80. The first kappa shape index (κ1) is 18.3. The molecule has 1 aliphatic rings. The zero-order chi connectivity index (χ0) is 18.2. The van der Waals surface area contributed by atoms with Crippen LogP contribution >= 0.6 is 0 Å². The van der Waals surface area contributed by atoms with E-state index in [0.29, 0.717) is 12.5 Å². The average molecular weight is 350 g/mol. The predicted molar refractivity (Wildman–Crippen MR) is 102 cm³/mol. The van der Waals surface area contributed by atoms with Gasteiger partial charge >= 0.3 is 0 Å². The lowest BCUT2D eigenvalue weighted by molar-refractivity contribution is -0.143. The number of carbonyl (C=O) groups is 1. The molecule has 1 heterocycles. The quantitative estimate of drug-likeness (QED) is 0.704. The lowest BCUT2D eigenvalue weighted by Crippen LogP contribution is -2.39. The van der Waals surface area contributed by atoms with Crippen LogP contribution in [0.2, 0.25) is 0 Å². The number of hydrogen-bond donors (Lipinski definition) is 0. The molecule has 0 radical (unpaired) electrons. The van der Waals surface area contributed by atoms with Gasteiger partial charge in [-0.15, -0.1) is 0 Å². The maximum Gasteiger partial charge on any atom is 0.256 e. The average Bonchev–Trinajstić information content (AvgIpc) is 2.70. The highest BCUT2D eigenvalue weighted by Gasteiger charge is 2.28. The first-order chi connectivity index (χ1) is 12.8. The van der Waals surface area contributed by atoms with Crippen molar-refractivity contribution in [1.82, 2.24) is 9.88 Å². The first-order valence-electron chi connectivity index (χ1n) is 9.18. The number of carbonyl (C=O) groups excluding carboxylic acids is 1. The molecule has 3 rings (SSSR count). The van der Waals surface area contributed by atoms with E-state index in [1.807, 2.05) is 53.6 Å². The lowest BCUT2D eigenvalue weighted by atomic mass is 9.93. The standard InChI is InChI=1S/C22H26N2O2/c1-26-21(20-12-6-3-7-13-20)22(25)24(16-18-9-4-2-5-10-18)17-19-11-8-14-23-15-19/h2-4,6-8,11-15,18,21H,5,9-10,16-17H2,1H3/t18-,21-/m0/s1. The second-order valence-corrected chi connectivity index (χ2v) is 6.76. The molecule has 0 fully saturated rings. The number of hydrogen-bond acceptors (Lipinski definition) is 3. The number of methoxy groups -OCH3 is 1. The Bertz CT molecular complexity index is 715. The highest BCUT2D eigenvalue weighted by Crippen LogP contribution is 2.24. The molecule has 0 saturated carbocycles. The molecule has 4 nitrogen and oxygen atoms in total. The Hall–Kier alpha value is -2.46. The summed E-state index contributed by atoms with van der Waals surface area (Å²) in [5, 5.41) is 0. The van der Waals surface area contributed by atoms with Gasteiger partial charge in [0, 0.05) is 32.6 Å². The molecule has 2 atom stereocenters. The van der Waals surface area contributed by atoms with Crippen LogP contribution in [0.5, 0.6) is 0 Å². The molecule has 136 valence electrons. The highest BCUT2D eigenvalue weighted by molar-refractivity contribution is 5.82. The number of amides is 1. The number of benzene rings is 1. The fourth-order valence-electron chi connectivity index (χ4n) is 3.45. The Morgan fingerprint density at radius 3 is 2.73 bits per heavy atom. The highest BCUT2D eigenvalue weighted by atomic mass is 16.5. The topological polar surface area (TPSA) is 42.4 Å². The summed E-state index contributed by atoms with van der Waals surface area (Å²) in [6, 6.07) is 13.6. The van der Waals surface area contributed by atoms with E-state index in [1.165, 1.54) is 0 Å². The largest absolute Gasteiger partial charge is 0.367 e. The van der Waals surface area contributed by atoms with Crippen molar-refractivity contribution in [2.75, 3.05) is 13.7 Å². The van der Waals surface area contributed by atoms with E-state index >= 15 is 0 Å². The maximum atomic E-state index is 13.3. The summed E-state index contributed by atoms with van der Waals surface area (Å²) in [6.07, 6.45) is 10.7. The van der Waals surface area contributed by atoms with Gasteiger partial charge in [-0.3, -0.25) is 9.78 Å². The van der Waals surface area contributed by atoms with Crippen LogP contribution in [0.3, 0.4) is 0 Å². The minimum Gasteiger partial charge on any atom is -0.367 e. The van der Waals surface area contributed by atoms with Crippen molar-refractivity contribution in [2.24, 2.45) is 5.92 Å². The molecule has 1 aliphatic carbocycles. The van der Waals surface area contributed by atoms with Crippen molar-refractivity contribution in [1.29, 1.82) is 0 Å². The molecule has 1 aromatic heterocycles. The number of rotatable bonds is 7. The molecule has 1 aromatic carbocycles. The molecule has 2 aromatic rings. The predicted octanol–water partition coefficient (Wildman–Crippen LogP) is 4.15. The molecule has 0 saturated heterocycles. The van der Waals surface area contributed by atoms with Gasteiger partial charge in [0.25, 0.3) is 5.91 Å². The number of ether oxygens (including phenoxy) is 1. The third kappa shape index (κ3) is 4.79. The number of nitrogens with zero attached hydrogens (tertiary/aromatic N) is 2. The van der Waals surface area contributed by atoms with Crippen molar-refractivity contribution in [3.05, 3.63) is 78.1 Å². The van der Waals surface area contributed by atoms with Crippen molar-refractivity contribution < 1.29 is 9.53 Å². The summed E-state index contributed by atoms with van der Waals surface area (Å²) in [7, 11) is 1.60. The molecule has 0 bridgehead atoms. The van der Waals surface area contributed by atoms with E-state index in [0.717, 1.165) is 36.9 Å². The molecule has 0 unspecified atom stereocenters. The summed E-state index contributed by atoms with van der Waals surface area (Å²) in [4.78, 5) is 19.4. The van der Waals surface area contributed by atoms with E-state index in [1.54, 1.807) is 13.3 Å². The summed E-state index contributed by atoms with van der Waals surface area (Å²) < 4.78 is 5.59. The van der Waals surface area contributed by atoms with Crippen LogP contribution in [0.4, 0.5) is 0 Å². The third-order valence-corrected chi connectivity index (χ3v) is 4.83. The zero-order valence-electron chi connectivity index (χ0n) is 15.3. The van der Waals surface area contributed by atoms with Crippen molar-refractivity contribution >= 4 is 5.91 Å². The normalized spacial score (nSPS) is 17.7. The Kier molecular flexibility index (Phi) is 6.56. The van der Waals surface area contributed by atoms with Crippen LogP contribution in [0.25, 0.3) is 0 Å². The lowest BCUT2D eigenvalue weighted by Gasteiger charge is -2.31. The molecule has 0 spiro atoms. The SMILES string of the molecule is CO[C@H](C(=O)N(Cc1cccnc1)C[C@H]1CC=CCC1)c1ccccc1. The van der Waals surface area contributed by atoms with E-state index < -0.39 is 6.10 Å². The van der Waals surface area contributed by atoms with Crippen molar-refractivity contribution in [3.63, 3.8) is 0 Å². The molecule has 1 amide bonds. The minimum absolute atomic E-state index is 0.0112. The molecule has 26 heavy (non-hydrogen) atoms. The molecular weight excluding hydrogens is 324 g/mol. The van der Waals surface area contributed by atoms with Gasteiger partial charge in [0.1, 0.15) is 0 Å². The summed E-state index contributed by atoms with van der Waals surface area (Å²) in [5.74, 6) is 0.506. The summed E-state index contributed by atoms with van der Waals surface area (Å²) in [5.41, 5.74) is 1.93. The fraction of sp³-hybridized carbons (Fsp3) is 0.364. The van der Waals surface area contributed by atoms with Gasteiger partial charge in [-0.25, -0.2) is 0 Å². The number of aromatic nitrogens is 1. The van der Waals surface area contributed by atoms with Gasteiger partial charge in [-0.2, -0.15) is 0 Å². The smallest absolute Gasteiger partial charge is 0.256 e. The van der Waals surface area contributed by atoms with Gasteiger partial charge in [0.05, 0.1) is 0 Å². The fourth-order valence-corrected chi connectivity index (χ4v) is 3.45. The van der Waals surface area contributed by atoms with Crippen LogP contribution in [0.1, 0.15) is 36.5 Å². The van der Waals surface area contributed by atoms with Gasteiger partial charge in [-0.05, 0) is 42.4 Å². The Morgan fingerprint density at radius 1 is 1.23 bits per heavy atom. The van der Waals surface area contributed by atoms with Crippen LogP contribution in [-0.4, -0.2) is 29.4 Å². The molecule has 0 aliphatic heterocycles. The molecule has 0 N–H and O–H groups in total. The van der Waals surface area contributed by atoms with Gasteiger partial charge in [0.15, 0.2) is 6.10 Å². The van der Waals surface area contributed by atoms with Crippen LogP contribution in [0, 0.1) is 5.92 Å². The van der Waals surface area contributed by atoms with E-state index in [2.05, 4.69) is 17.1 Å². The summed E-state index contributed by atoms with van der Waals surface area (Å²) >= 11 is 0. The summed E-state index contributed by atoms with van der Waals surface area (Å²) in [6.45, 7) is 1.30. The monoisotopic (exact) mass is 350 g/mol. The van der Waals surface area contributed by atoms with Gasteiger partial charge in [-0.1, -0.05) is 48.6 Å². The van der Waals surface area contributed by atoms with Crippen molar-refractivity contribution in [3.8, 4) is 0 Å². The van der Waals surface area contributed by atoms with Crippen molar-refractivity contribution in [2.45, 2.75) is 31.9 Å². The first-order valence-corrected chi connectivity index (χ1v) is 9.18. The Labute approximate surface area is 155 Å². The Morgan fingerprint density at radius 2 is 2.08 bits per heavy atom. The second-order valence-electron chi connectivity index (χ2n) is 6.76. The molecular formula is C22H26N2O2. The van der Waals surface area contributed by atoms with E-state index in [-0.39, 0.29) is 5.91 Å². The van der Waals surface area contributed by atoms with Crippen LogP contribution in [-0.2, 0) is 16.1 Å². The van der Waals surface area contributed by atoms with Gasteiger partial charge < -0.3 is 9.64 Å².